The molecule has 0 atom stereocenters. The molecule has 23 heavy (non-hydrogen) atoms. The number of benzene rings is 3. The number of halogens is 2. The third kappa shape index (κ3) is 2.85. The average molecular weight is 313 g/mol. The lowest BCUT2D eigenvalue weighted by Crippen LogP contribution is -2.15. The summed E-state index contributed by atoms with van der Waals surface area (Å²) < 4.78 is 32.6. The Morgan fingerprint density at radius 1 is 0.957 bits per heavy atom. The lowest BCUT2D eigenvalue weighted by Gasteiger charge is -2.12. The van der Waals surface area contributed by atoms with Crippen molar-refractivity contribution < 1.29 is 18.3 Å². The molecule has 0 unspecified atom stereocenters. The molecule has 0 heterocycles. The lowest BCUT2D eigenvalue weighted by molar-refractivity contribution is 0.102. The van der Waals surface area contributed by atoms with Crippen LogP contribution in [0, 0.1) is 11.6 Å². The highest BCUT2D eigenvalue weighted by Crippen LogP contribution is 2.27. The van der Waals surface area contributed by atoms with Crippen molar-refractivity contribution in [1.82, 2.24) is 0 Å². The Kier molecular flexibility index (Phi) is 3.93. The van der Waals surface area contributed by atoms with Crippen LogP contribution < -0.4 is 10.1 Å². The topological polar surface area (TPSA) is 38.3 Å². The second-order valence-electron chi connectivity index (χ2n) is 4.95. The molecule has 0 fully saturated rings. The maximum absolute atomic E-state index is 13.7. The molecule has 1 N–H and O–H groups in total. The van der Waals surface area contributed by atoms with Crippen molar-refractivity contribution in [1.29, 1.82) is 0 Å². The Morgan fingerprint density at radius 3 is 2.17 bits per heavy atom. The Bertz CT molecular complexity index is 873. The number of rotatable bonds is 3. The van der Waals surface area contributed by atoms with Gasteiger partial charge in [-0.1, -0.05) is 30.3 Å². The van der Waals surface area contributed by atoms with E-state index in [4.69, 9.17) is 4.74 Å². The minimum Gasteiger partial charge on any atom is -0.496 e. The number of methoxy groups -OCH3 is 1. The summed E-state index contributed by atoms with van der Waals surface area (Å²) in [5, 5.41) is 3.99. The third-order valence-electron chi connectivity index (χ3n) is 3.51. The van der Waals surface area contributed by atoms with Crippen LogP contribution in [0.25, 0.3) is 10.8 Å². The molecule has 116 valence electrons. The van der Waals surface area contributed by atoms with Crippen molar-refractivity contribution in [3.8, 4) is 5.75 Å². The molecule has 3 nitrogen and oxygen atoms in total. The van der Waals surface area contributed by atoms with Gasteiger partial charge in [0.2, 0.25) is 0 Å². The summed E-state index contributed by atoms with van der Waals surface area (Å²) in [4.78, 5) is 12.4. The fourth-order valence-electron chi connectivity index (χ4n) is 2.36. The summed E-state index contributed by atoms with van der Waals surface area (Å²) in [7, 11) is 1.44. The minimum atomic E-state index is -0.835. The summed E-state index contributed by atoms with van der Waals surface area (Å²) in [6, 6.07) is 14.2. The Labute approximate surface area is 131 Å². The standard InChI is InChI=1S/C18H13F2NO2/c1-23-16-10-12-6-3-2-5-11(12)9-13(16)18(22)21-17-14(19)7-4-8-15(17)20/h2-10H,1H3,(H,21,22). The molecule has 0 bridgehead atoms. The van der Waals surface area contributed by atoms with E-state index in [0.717, 1.165) is 22.9 Å². The van der Waals surface area contributed by atoms with Crippen LogP contribution in [0.2, 0.25) is 0 Å². The molecular formula is C18H13F2NO2. The average Bonchev–Trinajstić information content (AvgIpc) is 2.56. The van der Waals surface area contributed by atoms with E-state index in [1.165, 1.54) is 13.2 Å². The van der Waals surface area contributed by atoms with Gasteiger partial charge in [-0.15, -0.1) is 0 Å². The molecule has 0 aliphatic carbocycles. The van der Waals surface area contributed by atoms with Gasteiger partial charge in [0.15, 0.2) is 0 Å². The number of carbonyl (C=O) groups excluding carboxylic acids is 1. The zero-order valence-corrected chi connectivity index (χ0v) is 12.3. The van der Waals surface area contributed by atoms with Crippen LogP contribution in [0.15, 0.2) is 54.6 Å². The summed E-state index contributed by atoms with van der Waals surface area (Å²) in [5.74, 6) is -1.98. The summed E-state index contributed by atoms with van der Waals surface area (Å²) >= 11 is 0. The van der Waals surface area contributed by atoms with Crippen LogP contribution in [0.1, 0.15) is 10.4 Å². The first-order chi connectivity index (χ1) is 11.1. The van der Waals surface area contributed by atoms with E-state index in [1.807, 2.05) is 24.3 Å². The summed E-state index contributed by atoms with van der Waals surface area (Å²) in [6.07, 6.45) is 0. The predicted octanol–water partition coefficient (Wildman–Crippen LogP) is 4.38. The Morgan fingerprint density at radius 2 is 1.57 bits per heavy atom. The molecule has 3 aromatic rings. The summed E-state index contributed by atoms with van der Waals surface area (Å²) in [6.45, 7) is 0. The second kappa shape index (κ2) is 6.04. The number of hydrogen-bond acceptors (Lipinski definition) is 2. The van der Waals surface area contributed by atoms with Crippen molar-refractivity contribution in [2.75, 3.05) is 12.4 Å². The molecule has 1 amide bonds. The number of ether oxygens (including phenoxy) is 1. The molecule has 3 aromatic carbocycles. The summed E-state index contributed by atoms with van der Waals surface area (Å²) in [5.41, 5.74) is -0.276. The van der Waals surface area contributed by atoms with E-state index in [-0.39, 0.29) is 5.56 Å². The van der Waals surface area contributed by atoms with Gasteiger partial charge in [0, 0.05) is 0 Å². The van der Waals surface area contributed by atoms with Crippen LogP contribution >= 0.6 is 0 Å². The van der Waals surface area contributed by atoms with Crippen LogP contribution in [-0.4, -0.2) is 13.0 Å². The molecule has 3 rings (SSSR count). The molecule has 0 saturated carbocycles. The van der Waals surface area contributed by atoms with Crippen LogP contribution in [0.5, 0.6) is 5.75 Å². The van der Waals surface area contributed by atoms with Crippen LogP contribution in [-0.2, 0) is 0 Å². The molecule has 0 spiro atoms. The van der Waals surface area contributed by atoms with Gasteiger partial charge < -0.3 is 10.1 Å². The molecule has 0 radical (unpaired) electrons. The fourth-order valence-corrected chi connectivity index (χ4v) is 2.36. The highest BCUT2D eigenvalue weighted by Gasteiger charge is 2.17. The van der Waals surface area contributed by atoms with E-state index in [0.29, 0.717) is 5.75 Å². The molecule has 5 heteroatoms. The molecule has 0 aliphatic rings. The zero-order valence-electron chi connectivity index (χ0n) is 12.3. The van der Waals surface area contributed by atoms with Gasteiger partial charge >= 0.3 is 0 Å². The molecule has 0 aromatic heterocycles. The lowest BCUT2D eigenvalue weighted by atomic mass is 10.1. The number of para-hydroxylation sites is 1. The van der Waals surface area contributed by atoms with Gasteiger partial charge in [-0.25, -0.2) is 8.78 Å². The van der Waals surface area contributed by atoms with Crippen molar-refractivity contribution >= 4 is 22.4 Å². The number of anilines is 1. The highest BCUT2D eigenvalue weighted by atomic mass is 19.1. The van der Waals surface area contributed by atoms with Crippen LogP contribution in [0.4, 0.5) is 14.5 Å². The molecule has 0 aliphatic heterocycles. The Hall–Kier alpha value is -2.95. The first-order valence-electron chi connectivity index (χ1n) is 6.92. The van der Waals surface area contributed by atoms with Crippen molar-refractivity contribution in [3.05, 3.63) is 71.8 Å². The normalized spacial score (nSPS) is 10.6. The first kappa shape index (κ1) is 15.0. The van der Waals surface area contributed by atoms with E-state index in [2.05, 4.69) is 5.32 Å². The van der Waals surface area contributed by atoms with Crippen LogP contribution in [0.3, 0.4) is 0 Å². The van der Waals surface area contributed by atoms with Gasteiger partial charge in [0.05, 0.1) is 12.7 Å². The number of amides is 1. The monoisotopic (exact) mass is 313 g/mol. The van der Waals surface area contributed by atoms with Crippen molar-refractivity contribution in [2.24, 2.45) is 0 Å². The van der Waals surface area contributed by atoms with Crippen molar-refractivity contribution in [2.45, 2.75) is 0 Å². The van der Waals surface area contributed by atoms with Crippen molar-refractivity contribution in [3.63, 3.8) is 0 Å². The second-order valence-corrected chi connectivity index (χ2v) is 4.95. The molecule has 0 saturated heterocycles. The maximum atomic E-state index is 13.7. The highest BCUT2D eigenvalue weighted by molar-refractivity contribution is 6.08. The quantitative estimate of drug-likeness (QED) is 0.779. The van der Waals surface area contributed by atoms with Gasteiger partial charge in [-0.2, -0.15) is 0 Å². The van der Waals surface area contributed by atoms with E-state index in [9.17, 15) is 13.6 Å². The Balaban J connectivity index is 2.03. The third-order valence-corrected chi connectivity index (χ3v) is 3.51. The smallest absolute Gasteiger partial charge is 0.259 e. The SMILES string of the molecule is COc1cc2ccccc2cc1C(=O)Nc1c(F)cccc1F. The van der Waals surface area contributed by atoms with Gasteiger partial charge in [0.1, 0.15) is 23.1 Å². The number of carbonyl (C=O) groups is 1. The van der Waals surface area contributed by atoms with Gasteiger partial charge in [-0.3, -0.25) is 4.79 Å². The fraction of sp³-hybridized carbons (Fsp3) is 0.0556. The zero-order chi connectivity index (χ0) is 16.4. The number of hydrogen-bond donors (Lipinski definition) is 1. The van der Waals surface area contributed by atoms with E-state index >= 15 is 0 Å². The van der Waals surface area contributed by atoms with Gasteiger partial charge in [-0.05, 0) is 35.0 Å². The van der Waals surface area contributed by atoms with E-state index < -0.39 is 23.2 Å². The maximum Gasteiger partial charge on any atom is 0.259 e. The first-order valence-corrected chi connectivity index (χ1v) is 6.92. The van der Waals surface area contributed by atoms with E-state index in [1.54, 1.807) is 12.1 Å². The predicted molar refractivity (Wildman–Crippen MR) is 84.8 cm³/mol. The number of fused-ring (bicyclic) bond motifs is 1. The van der Waals surface area contributed by atoms with Gasteiger partial charge in [0.25, 0.3) is 5.91 Å². The largest absolute Gasteiger partial charge is 0.496 e. The molecular weight excluding hydrogens is 300 g/mol. The number of nitrogens with one attached hydrogen (secondary N) is 1. The minimum absolute atomic E-state index is 0.203.